The zero-order valence-electron chi connectivity index (χ0n) is 11.0. The zero-order chi connectivity index (χ0) is 14.8. The van der Waals surface area contributed by atoms with Gasteiger partial charge in [-0.25, -0.2) is 4.68 Å². The summed E-state index contributed by atoms with van der Waals surface area (Å²) < 4.78 is 13.0. The van der Waals surface area contributed by atoms with Crippen LogP contribution in [0.1, 0.15) is 5.76 Å². The lowest BCUT2D eigenvalue weighted by Gasteiger charge is -2.05. The number of nitrogens with one attached hydrogen (secondary N) is 1. The highest BCUT2D eigenvalue weighted by Crippen LogP contribution is 2.18. The molecule has 1 N–H and O–H groups in total. The molecule has 0 radical (unpaired) electrons. The fourth-order valence-electron chi connectivity index (χ4n) is 1.71. The largest absolute Gasteiger partial charge is 0.407 e. The summed E-state index contributed by atoms with van der Waals surface area (Å²) in [5, 5.41) is 11.3. The van der Waals surface area contributed by atoms with E-state index in [0.29, 0.717) is 24.0 Å². The Morgan fingerprint density at radius 1 is 1.33 bits per heavy atom. The number of hydrogen-bond donors (Lipinski definition) is 1. The normalized spacial score (nSPS) is 10.8. The molecule has 0 saturated carbocycles. The van der Waals surface area contributed by atoms with Crippen molar-refractivity contribution in [3.63, 3.8) is 0 Å². The molecule has 0 aliphatic carbocycles. The predicted molar refractivity (Wildman–Crippen MR) is 83.3 cm³/mol. The second-order valence-corrected chi connectivity index (χ2v) is 5.60. The van der Waals surface area contributed by atoms with Gasteiger partial charge in [0, 0.05) is 16.2 Å². The van der Waals surface area contributed by atoms with Gasteiger partial charge in [-0.05, 0) is 43.4 Å². The van der Waals surface area contributed by atoms with Crippen molar-refractivity contribution in [3.05, 3.63) is 45.4 Å². The lowest BCUT2D eigenvalue weighted by atomic mass is 10.3. The Bertz CT molecular complexity index is 806. The predicted octanol–water partition coefficient (Wildman–Crippen LogP) is 4.00. The first-order valence-corrected chi connectivity index (χ1v) is 7.33. The summed E-state index contributed by atoms with van der Waals surface area (Å²) in [4.78, 5) is 0.273. The number of anilines is 1. The highest BCUT2D eigenvalue weighted by Gasteiger charge is 2.12. The van der Waals surface area contributed by atoms with Crippen molar-refractivity contribution in [1.29, 1.82) is 0 Å². The van der Waals surface area contributed by atoms with E-state index >= 15 is 0 Å². The van der Waals surface area contributed by atoms with Crippen LogP contribution in [0.4, 0.5) is 5.69 Å². The first-order chi connectivity index (χ1) is 10.1. The summed E-state index contributed by atoms with van der Waals surface area (Å²) in [6.45, 7) is 2.21. The van der Waals surface area contributed by atoms with Crippen molar-refractivity contribution in [3.8, 4) is 11.6 Å². The third kappa shape index (κ3) is 3.22. The number of hydrogen-bond acceptors (Lipinski definition) is 6. The molecule has 1 aromatic carbocycles. The minimum absolute atomic E-state index is 0.273. The van der Waals surface area contributed by atoms with E-state index in [2.05, 4.69) is 31.5 Å². The molecule has 108 valence electrons. The van der Waals surface area contributed by atoms with Gasteiger partial charge in [-0.1, -0.05) is 21.1 Å². The number of benzene rings is 1. The quantitative estimate of drug-likeness (QED) is 0.703. The molecule has 0 fully saturated rings. The Labute approximate surface area is 133 Å². The first kappa shape index (κ1) is 14.0. The smallest absolute Gasteiger partial charge is 0.289 e. The van der Waals surface area contributed by atoms with Gasteiger partial charge in [0.15, 0.2) is 5.69 Å². The molecule has 0 bridgehead atoms. The van der Waals surface area contributed by atoms with Crippen LogP contribution < -0.4 is 5.32 Å². The summed E-state index contributed by atoms with van der Waals surface area (Å²) in [5.74, 6) is 1.03. The van der Waals surface area contributed by atoms with Gasteiger partial charge in [-0.3, -0.25) is 0 Å². The summed E-state index contributed by atoms with van der Waals surface area (Å²) >= 11 is 8.54. The third-order valence-electron chi connectivity index (χ3n) is 2.73. The molecule has 3 aromatic rings. The summed E-state index contributed by atoms with van der Waals surface area (Å²) in [7, 11) is 0. The number of nitrogens with zero attached hydrogens (tertiary/aromatic N) is 3. The Morgan fingerprint density at radius 2 is 2.10 bits per heavy atom. The molecule has 2 aromatic heterocycles. The van der Waals surface area contributed by atoms with Gasteiger partial charge in [0.25, 0.3) is 10.7 Å². The highest BCUT2D eigenvalue weighted by atomic mass is 79.9. The molecule has 8 heteroatoms. The van der Waals surface area contributed by atoms with E-state index in [1.54, 1.807) is 17.7 Å². The SMILES string of the molecule is Cc1cc(-c2nn(CNc3ccc(Br)cc3)c(=S)o2)no1. The van der Waals surface area contributed by atoms with Crippen LogP contribution in [0.3, 0.4) is 0 Å². The van der Waals surface area contributed by atoms with Crippen LogP contribution in [-0.4, -0.2) is 14.9 Å². The van der Waals surface area contributed by atoms with E-state index in [1.807, 2.05) is 24.3 Å². The van der Waals surface area contributed by atoms with Crippen molar-refractivity contribution in [1.82, 2.24) is 14.9 Å². The lowest BCUT2D eigenvalue weighted by Crippen LogP contribution is -2.09. The molecule has 0 aliphatic rings. The van der Waals surface area contributed by atoms with E-state index < -0.39 is 0 Å². The molecular weight excluding hydrogens is 356 g/mol. The van der Waals surface area contributed by atoms with Gasteiger partial charge >= 0.3 is 0 Å². The van der Waals surface area contributed by atoms with E-state index in [1.165, 1.54) is 0 Å². The third-order valence-corrected chi connectivity index (χ3v) is 3.55. The number of rotatable bonds is 4. The molecule has 0 aliphatic heterocycles. The minimum atomic E-state index is 0.273. The van der Waals surface area contributed by atoms with Gasteiger partial charge < -0.3 is 14.3 Å². The van der Waals surface area contributed by atoms with Crippen LogP contribution in [0, 0.1) is 11.8 Å². The molecule has 0 atom stereocenters. The summed E-state index contributed by atoms with van der Waals surface area (Å²) in [5.41, 5.74) is 1.49. The van der Waals surface area contributed by atoms with Gasteiger partial charge in [0.1, 0.15) is 12.4 Å². The minimum Gasteiger partial charge on any atom is -0.407 e. The van der Waals surface area contributed by atoms with Crippen LogP contribution in [0.5, 0.6) is 0 Å². The molecule has 21 heavy (non-hydrogen) atoms. The maximum absolute atomic E-state index is 5.42. The molecule has 6 nitrogen and oxygen atoms in total. The molecule has 0 amide bonds. The second-order valence-electron chi connectivity index (χ2n) is 4.34. The Balaban J connectivity index is 1.76. The zero-order valence-corrected chi connectivity index (χ0v) is 13.4. The van der Waals surface area contributed by atoms with E-state index in [4.69, 9.17) is 21.2 Å². The molecule has 0 saturated heterocycles. The number of halogens is 1. The summed E-state index contributed by atoms with van der Waals surface area (Å²) in [6.07, 6.45) is 0. The maximum atomic E-state index is 5.42. The highest BCUT2D eigenvalue weighted by molar-refractivity contribution is 9.10. The van der Waals surface area contributed by atoms with Crippen LogP contribution >= 0.6 is 28.1 Å². The Morgan fingerprint density at radius 3 is 2.76 bits per heavy atom. The molecular formula is C13H11BrN4O2S. The number of aromatic nitrogens is 3. The van der Waals surface area contributed by atoms with E-state index in [9.17, 15) is 0 Å². The molecule has 2 heterocycles. The van der Waals surface area contributed by atoms with Crippen LogP contribution in [-0.2, 0) is 6.67 Å². The molecule has 0 unspecified atom stereocenters. The monoisotopic (exact) mass is 366 g/mol. The van der Waals surface area contributed by atoms with Gasteiger partial charge in [0.05, 0.1) is 0 Å². The first-order valence-electron chi connectivity index (χ1n) is 6.13. The van der Waals surface area contributed by atoms with Crippen molar-refractivity contribution >= 4 is 33.8 Å². The standard InChI is InChI=1S/C13H11BrN4O2S/c1-8-6-11(17-20-8)12-16-18(13(21)19-12)7-15-10-4-2-9(14)3-5-10/h2-6,15H,7H2,1H3. The Hall–Kier alpha value is -1.93. The van der Waals surface area contributed by atoms with E-state index in [-0.39, 0.29) is 4.84 Å². The van der Waals surface area contributed by atoms with Crippen molar-refractivity contribution in [2.45, 2.75) is 13.6 Å². The lowest BCUT2D eigenvalue weighted by molar-refractivity contribution is 0.397. The fourth-order valence-corrected chi connectivity index (χ4v) is 2.16. The van der Waals surface area contributed by atoms with Crippen LogP contribution in [0.15, 0.2) is 43.7 Å². The maximum Gasteiger partial charge on any atom is 0.289 e. The van der Waals surface area contributed by atoms with Crippen molar-refractivity contribution in [2.24, 2.45) is 0 Å². The molecule has 3 rings (SSSR count). The van der Waals surface area contributed by atoms with Crippen LogP contribution in [0.2, 0.25) is 0 Å². The topological polar surface area (TPSA) is 69.0 Å². The van der Waals surface area contributed by atoms with Gasteiger partial charge in [0.2, 0.25) is 0 Å². The van der Waals surface area contributed by atoms with Gasteiger partial charge in [-0.15, -0.1) is 5.10 Å². The summed E-state index contributed by atoms with van der Waals surface area (Å²) in [6, 6.07) is 9.56. The fraction of sp³-hybridized carbons (Fsp3) is 0.154. The Kier molecular flexibility index (Phi) is 3.89. The second kappa shape index (κ2) is 5.82. The number of aryl methyl sites for hydroxylation is 1. The average Bonchev–Trinajstić information content (AvgIpc) is 3.05. The van der Waals surface area contributed by atoms with Crippen molar-refractivity contribution < 1.29 is 8.94 Å². The van der Waals surface area contributed by atoms with Crippen molar-refractivity contribution in [2.75, 3.05) is 5.32 Å². The van der Waals surface area contributed by atoms with Crippen LogP contribution in [0.25, 0.3) is 11.6 Å². The average molecular weight is 367 g/mol. The van der Waals surface area contributed by atoms with E-state index in [0.717, 1.165) is 10.2 Å². The van der Waals surface area contributed by atoms with Gasteiger partial charge in [-0.2, -0.15) is 0 Å². The molecule has 0 spiro atoms.